The van der Waals surface area contributed by atoms with E-state index in [9.17, 15) is 0 Å². The van der Waals surface area contributed by atoms with Crippen LogP contribution in [-0.2, 0) is 11.3 Å². The molecule has 1 saturated carbocycles. The molecule has 1 heterocycles. The molecule has 16 heavy (non-hydrogen) atoms. The minimum Gasteiger partial charge on any atom is -0.377 e. The van der Waals surface area contributed by atoms with Gasteiger partial charge in [-0.2, -0.15) is 0 Å². The molecule has 0 spiro atoms. The van der Waals surface area contributed by atoms with Gasteiger partial charge in [-0.25, -0.2) is 9.97 Å². The van der Waals surface area contributed by atoms with Crippen molar-refractivity contribution in [1.82, 2.24) is 15.3 Å². The van der Waals surface area contributed by atoms with Crippen LogP contribution in [0.3, 0.4) is 0 Å². The van der Waals surface area contributed by atoms with E-state index in [1.807, 2.05) is 6.07 Å². The van der Waals surface area contributed by atoms with E-state index >= 15 is 0 Å². The standard InChI is InChI=1S/C12H19N3O/c1-2-4-12(3-1)16-8-7-13-9-11-5-6-14-10-15-11/h5-6,10,12-13H,1-4,7-9H2. The van der Waals surface area contributed by atoms with Gasteiger partial charge in [0.1, 0.15) is 6.33 Å². The van der Waals surface area contributed by atoms with Gasteiger partial charge in [0.25, 0.3) is 0 Å². The highest BCUT2D eigenvalue weighted by Crippen LogP contribution is 2.20. The Morgan fingerprint density at radius 1 is 1.38 bits per heavy atom. The van der Waals surface area contributed by atoms with E-state index in [0.717, 1.165) is 25.4 Å². The van der Waals surface area contributed by atoms with Crippen molar-refractivity contribution >= 4 is 0 Å². The highest BCUT2D eigenvalue weighted by molar-refractivity contribution is 4.96. The van der Waals surface area contributed by atoms with Crippen LogP contribution in [0.4, 0.5) is 0 Å². The van der Waals surface area contributed by atoms with E-state index in [2.05, 4.69) is 15.3 Å². The van der Waals surface area contributed by atoms with Crippen LogP contribution in [0.15, 0.2) is 18.6 Å². The molecule has 0 aromatic carbocycles. The summed E-state index contributed by atoms with van der Waals surface area (Å²) in [7, 11) is 0. The van der Waals surface area contributed by atoms with Gasteiger partial charge in [0.15, 0.2) is 0 Å². The zero-order valence-corrected chi connectivity index (χ0v) is 9.56. The van der Waals surface area contributed by atoms with Gasteiger partial charge >= 0.3 is 0 Å². The van der Waals surface area contributed by atoms with Crippen LogP contribution in [-0.4, -0.2) is 29.2 Å². The van der Waals surface area contributed by atoms with Crippen molar-refractivity contribution in [1.29, 1.82) is 0 Å². The lowest BCUT2D eigenvalue weighted by Gasteiger charge is -2.11. The Labute approximate surface area is 96.4 Å². The fraction of sp³-hybridized carbons (Fsp3) is 0.667. The summed E-state index contributed by atoms with van der Waals surface area (Å²) >= 11 is 0. The molecule has 4 heteroatoms. The van der Waals surface area contributed by atoms with Gasteiger partial charge in [-0.05, 0) is 18.9 Å². The Morgan fingerprint density at radius 2 is 2.25 bits per heavy atom. The molecule has 2 rings (SSSR count). The fourth-order valence-electron chi connectivity index (χ4n) is 1.99. The zero-order chi connectivity index (χ0) is 11.1. The Balaban J connectivity index is 1.52. The molecule has 1 aromatic heterocycles. The molecule has 1 N–H and O–H groups in total. The van der Waals surface area contributed by atoms with E-state index in [1.165, 1.54) is 25.7 Å². The van der Waals surface area contributed by atoms with Crippen molar-refractivity contribution in [3.05, 3.63) is 24.3 Å². The van der Waals surface area contributed by atoms with E-state index in [4.69, 9.17) is 4.74 Å². The van der Waals surface area contributed by atoms with Crippen LogP contribution < -0.4 is 5.32 Å². The summed E-state index contributed by atoms with van der Waals surface area (Å²) < 4.78 is 5.75. The molecule has 1 fully saturated rings. The molecular formula is C12H19N3O. The Morgan fingerprint density at radius 3 is 3.00 bits per heavy atom. The van der Waals surface area contributed by atoms with Gasteiger partial charge in [0.05, 0.1) is 18.4 Å². The minimum atomic E-state index is 0.515. The molecule has 0 saturated heterocycles. The topological polar surface area (TPSA) is 47.0 Å². The predicted molar refractivity (Wildman–Crippen MR) is 61.9 cm³/mol. The first kappa shape index (κ1) is 11.5. The number of nitrogens with zero attached hydrogens (tertiary/aromatic N) is 2. The minimum absolute atomic E-state index is 0.515. The van der Waals surface area contributed by atoms with Gasteiger partial charge < -0.3 is 10.1 Å². The predicted octanol–water partition coefficient (Wildman–Crippen LogP) is 1.53. The summed E-state index contributed by atoms with van der Waals surface area (Å²) in [6, 6.07) is 1.92. The molecular weight excluding hydrogens is 202 g/mol. The van der Waals surface area contributed by atoms with Crippen molar-refractivity contribution in [3.8, 4) is 0 Å². The summed E-state index contributed by atoms with van der Waals surface area (Å²) in [5.74, 6) is 0. The molecule has 0 radical (unpaired) electrons. The average Bonchev–Trinajstić information content (AvgIpc) is 2.83. The molecule has 0 amide bonds. The van der Waals surface area contributed by atoms with E-state index in [-0.39, 0.29) is 0 Å². The van der Waals surface area contributed by atoms with E-state index < -0.39 is 0 Å². The maximum atomic E-state index is 5.75. The quantitative estimate of drug-likeness (QED) is 0.740. The zero-order valence-electron chi connectivity index (χ0n) is 9.56. The van der Waals surface area contributed by atoms with Gasteiger partial charge in [0, 0.05) is 19.3 Å². The van der Waals surface area contributed by atoms with Crippen molar-refractivity contribution < 1.29 is 4.74 Å². The lowest BCUT2D eigenvalue weighted by molar-refractivity contribution is 0.0602. The molecule has 0 bridgehead atoms. The van der Waals surface area contributed by atoms with Crippen LogP contribution >= 0.6 is 0 Å². The normalized spacial score (nSPS) is 16.8. The molecule has 0 aliphatic heterocycles. The van der Waals surface area contributed by atoms with Crippen molar-refractivity contribution in [2.75, 3.05) is 13.2 Å². The third kappa shape index (κ3) is 3.87. The first-order valence-corrected chi connectivity index (χ1v) is 6.02. The maximum Gasteiger partial charge on any atom is 0.115 e. The van der Waals surface area contributed by atoms with Crippen molar-refractivity contribution in [2.24, 2.45) is 0 Å². The molecule has 1 aliphatic rings. The smallest absolute Gasteiger partial charge is 0.115 e. The largest absolute Gasteiger partial charge is 0.377 e. The lowest BCUT2D eigenvalue weighted by atomic mass is 10.3. The molecule has 88 valence electrons. The van der Waals surface area contributed by atoms with Crippen LogP contribution in [0.25, 0.3) is 0 Å². The number of rotatable bonds is 6. The lowest BCUT2D eigenvalue weighted by Crippen LogP contribution is -2.22. The van der Waals surface area contributed by atoms with Crippen LogP contribution in [0.2, 0.25) is 0 Å². The van der Waals surface area contributed by atoms with Gasteiger partial charge in [0.2, 0.25) is 0 Å². The summed E-state index contributed by atoms with van der Waals surface area (Å²) in [6.07, 6.45) is 9.00. The fourth-order valence-corrected chi connectivity index (χ4v) is 1.99. The molecule has 0 unspecified atom stereocenters. The van der Waals surface area contributed by atoms with Crippen LogP contribution in [0.5, 0.6) is 0 Å². The van der Waals surface area contributed by atoms with Crippen molar-refractivity contribution in [3.63, 3.8) is 0 Å². The maximum absolute atomic E-state index is 5.75. The Hall–Kier alpha value is -1.00. The van der Waals surface area contributed by atoms with Crippen molar-refractivity contribution in [2.45, 2.75) is 38.3 Å². The summed E-state index contributed by atoms with van der Waals surface area (Å²) in [5, 5.41) is 3.31. The number of hydrogen-bond donors (Lipinski definition) is 1. The molecule has 1 aromatic rings. The SMILES string of the molecule is c1cc(CNCCOC2CCCC2)ncn1. The number of nitrogens with one attached hydrogen (secondary N) is 1. The number of hydrogen-bond acceptors (Lipinski definition) is 4. The summed E-state index contributed by atoms with van der Waals surface area (Å²) in [6.45, 7) is 2.48. The summed E-state index contributed by atoms with van der Waals surface area (Å²) in [4.78, 5) is 8.02. The third-order valence-electron chi connectivity index (χ3n) is 2.88. The third-order valence-corrected chi connectivity index (χ3v) is 2.88. The average molecular weight is 221 g/mol. The van der Waals surface area contributed by atoms with Gasteiger partial charge in [-0.15, -0.1) is 0 Å². The number of ether oxygens (including phenoxy) is 1. The first-order valence-electron chi connectivity index (χ1n) is 6.02. The molecule has 4 nitrogen and oxygen atoms in total. The summed E-state index contributed by atoms with van der Waals surface area (Å²) in [5.41, 5.74) is 1.02. The highest BCUT2D eigenvalue weighted by Gasteiger charge is 2.14. The van der Waals surface area contributed by atoms with Crippen LogP contribution in [0.1, 0.15) is 31.4 Å². The van der Waals surface area contributed by atoms with E-state index in [0.29, 0.717) is 6.10 Å². The van der Waals surface area contributed by atoms with Gasteiger partial charge in [-0.3, -0.25) is 0 Å². The van der Waals surface area contributed by atoms with Crippen LogP contribution in [0, 0.1) is 0 Å². The second-order valence-electron chi connectivity index (χ2n) is 4.15. The second-order valence-corrected chi connectivity index (χ2v) is 4.15. The van der Waals surface area contributed by atoms with Gasteiger partial charge in [-0.1, -0.05) is 12.8 Å². The molecule has 0 atom stereocenters. The highest BCUT2D eigenvalue weighted by atomic mass is 16.5. The Kier molecular flexibility index (Phi) is 4.70. The second kappa shape index (κ2) is 6.55. The van der Waals surface area contributed by atoms with E-state index in [1.54, 1.807) is 12.5 Å². The Bertz CT molecular complexity index is 286. The first-order chi connectivity index (χ1) is 7.95. The molecule has 1 aliphatic carbocycles. The monoisotopic (exact) mass is 221 g/mol. The number of aromatic nitrogens is 2.